The normalized spacial score (nSPS) is 28.4. The summed E-state index contributed by atoms with van der Waals surface area (Å²) in [5.74, 6) is 0. The van der Waals surface area contributed by atoms with E-state index in [0.717, 1.165) is 18.6 Å². The monoisotopic (exact) mass is 212 g/mol. The Morgan fingerprint density at radius 2 is 1.87 bits per heavy atom. The van der Waals surface area contributed by atoms with Gasteiger partial charge in [-0.3, -0.25) is 0 Å². The van der Waals surface area contributed by atoms with Crippen molar-refractivity contribution in [1.29, 1.82) is 0 Å². The van der Waals surface area contributed by atoms with E-state index in [0.29, 0.717) is 5.41 Å². The highest BCUT2D eigenvalue weighted by molar-refractivity contribution is 4.83. The van der Waals surface area contributed by atoms with Gasteiger partial charge in [0.1, 0.15) is 0 Å². The largest absolute Gasteiger partial charge is 0.313 e. The zero-order valence-electron chi connectivity index (χ0n) is 11.1. The van der Waals surface area contributed by atoms with Gasteiger partial charge in [0.15, 0.2) is 0 Å². The summed E-state index contributed by atoms with van der Waals surface area (Å²) in [6.45, 7) is 8.03. The standard InChI is InChI=1S/C13H28N2/c1-13(2,3)10-14-11-7-6-8-12(9-11)15(4)5/h11-12,14H,6-10H2,1-5H3. The Morgan fingerprint density at radius 3 is 2.40 bits per heavy atom. The summed E-state index contributed by atoms with van der Waals surface area (Å²) < 4.78 is 0. The second-order valence-electron chi connectivity index (χ2n) is 6.42. The highest BCUT2D eigenvalue weighted by atomic mass is 15.1. The van der Waals surface area contributed by atoms with Gasteiger partial charge in [0.2, 0.25) is 0 Å². The van der Waals surface area contributed by atoms with E-state index >= 15 is 0 Å². The Balaban J connectivity index is 2.30. The van der Waals surface area contributed by atoms with Crippen LogP contribution < -0.4 is 5.32 Å². The molecule has 2 heteroatoms. The molecular weight excluding hydrogens is 184 g/mol. The molecule has 0 aromatic rings. The SMILES string of the molecule is CN(C)C1CCCC(NCC(C)(C)C)C1. The van der Waals surface area contributed by atoms with Gasteiger partial charge in [-0.05, 0) is 38.8 Å². The van der Waals surface area contributed by atoms with Crippen molar-refractivity contribution >= 4 is 0 Å². The number of nitrogens with zero attached hydrogens (tertiary/aromatic N) is 1. The summed E-state index contributed by atoms with van der Waals surface area (Å²) in [6, 6.07) is 1.53. The first-order valence-corrected chi connectivity index (χ1v) is 6.28. The summed E-state index contributed by atoms with van der Waals surface area (Å²) in [5, 5.41) is 3.72. The van der Waals surface area contributed by atoms with Crippen LogP contribution in [0.3, 0.4) is 0 Å². The fourth-order valence-corrected chi connectivity index (χ4v) is 2.27. The summed E-state index contributed by atoms with van der Waals surface area (Å²) in [5.41, 5.74) is 0.408. The van der Waals surface area contributed by atoms with Crippen LogP contribution in [0.1, 0.15) is 46.5 Å². The molecule has 15 heavy (non-hydrogen) atoms. The lowest BCUT2D eigenvalue weighted by molar-refractivity contribution is 0.191. The van der Waals surface area contributed by atoms with Crippen molar-refractivity contribution in [2.75, 3.05) is 20.6 Å². The Bertz CT molecular complexity index is 181. The molecule has 0 heterocycles. The Morgan fingerprint density at radius 1 is 1.20 bits per heavy atom. The second-order valence-corrected chi connectivity index (χ2v) is 6.42. The predicted octanol–water partition coefficient (Wildman–Crippen LogP) is 2.49. The van der Waals surface area contributed by atoms with Crippen LogP contribution in [0.25, 0.3) is 0 Å². The first-order valence-electron chi connectivity index (χ1n) is 6.28. The van der Waals surface area contributed by atoms with Crippen molar-refractivity contribution in [3.05, 3.63) is 0 Å². The summed E-state index contributed by atoms with van der Waals surface area (Å²) >= 11 is 0. The molecular formula is C13H28N2. The van der Waals surface area contributed by atoms with Crippen LogP contribution in [0.5, 0.6) is 0 Å². The lowest BCUT2D eigenvalue weighted by atomic mass is 9.89. The van der Waals surface area contributed by atoms with Gasteiger partial charge < -0.3 is 10.2 Å². The molecule has 2 unspecified atom stereocenters. The predicted molar refractivity (Wildman–Crippen MR) is 67.2 cm³/mol. The third-order valence-electron chi connectivity index (χ3n) is 3.30. The van der Waals surface area contributed by atoms with E-state index in [1.54, 1.807) is 0 Å². The number of rotatable bonds is 3. The Hall–Kier alpha value is -0.0800. The van der Waals surface area contributed by atoms with Gasteiger partial charge in [-0.2, -0.15) is 0 Å². The van der Waals surface area contributed by atoms with Crippen LogP contribution in [-0.4, -0.2) is 37.6 Å². The number of hydrogen-bond donors (Lipinski definition) is 1. The van der Waals surface area contributed by atoms with Gasteiger partial charge in [0.05, 0.1) is 0 Å². The molecule has 0 bridgehead atoms. The van der Waals surface area contributed by atoms with Crippen molar-refractivity contribution in [3.63, 3.8) is 0 Å². The van der Waals surface area contributed by atoms with Crippen LogP contribution >= 0.6 is 0 Å². The molecule has 0 spiro atoms. The summed E-state index contributed by atoms with van der Waals surface area (Å²) in [6.07, 6.45) is 5.44. The van der Waals surface area contributed by atoms with Gasteiger partial charge in [0, 0.05) is 18.6 Å². The highest BCUT2D eigenvalue weighted by Crippen LogP contribution is 2.22. The maximum atomic E-state index is 3.72. The molecule has 90 valence electrons. The molecule has 1 rings (SSSR count). The molecule has 0 amide bonds. The molecule has 1 fully saturated rings. The van der Waals surface area contributed by atoms with Gasteiger partial charge in [-0.15, -0.1) is 0 Å². The van der Waals surface area contributed by atoms with Gasteiger partial charge in [-0.25, -0.2) is 0 Å². The van der Waals surface area contributed by atoms with E-state index in [2.05, 4.69) is 45.1 Å². The van der Waals surface area contributed by atoms with E-state index in [4.69, 9.17) is 0 Å². The molecule has 0 aromatic carbocycles. The summed E-state index contributed by atoms with van der Waals surface area (Å²) in [4.78, 5) is 2.38. The molecule has 0 radical (unpaired) electrons. The first-order chi connectivity index (χ1) is 6.88. The minimum atomic E-state index is 0.408. The zero-order valence-corrected chi connectivity index (χ0v) is 11.1. The zero-order chi connectivity index (χ0) is 11.5. The third kappa shape index (κ3) is 4.98. The molecule has 1 aliphatic carbocycles. The van der Waals surface area contributed by atoms with Crippen molar-refractivity contribution < 1.29 is 0 Å². The first kappa shape index (κ1) is 13.0. The minimum absolute atomic E-state index is 0.408. The van der Waals surface area contributed by atoms with E-state index < -0.39 is 0 Å². The quantitative estimate of drug-likeness (QED) is 0.773. The smallest absolute Gasteiger partial charge is 0.0104 e. The van der Waals surface area contributed by atoms with E-state index in [1.807, 2.05) is 0 Å². The Kier molecular flexibility index (Phi) is 4.60. The van der Waals surface area contributed by atoms with Crippen molar-refractivity contribution in [1.82, 2.24) is 10.2 Å². The average Bonchev–Trinajstić information content (AvgIpc) is 2.14. The van der Waals surface area contributed by atoms with Crippen molar-refractivity contribution in [2.24, 2.45) is 5.41 Å². The van der Waals surface area contributed by atoms with Crippen LogP contribution in [0.2, 0.25) is 0 Å². The Labute approximate surface area is 95.4 Å². The molecule has 0 aliphatic heterocycles. The summed E-state index contributed by atoms with van der Waals surface area (Å²) in [7, 11) is 4.41. The average molecular weight is 212 g/mol. The van der Waals surface area contributed by atoms with Crippen molar-refractivity contribution in [3.8, 4) is 0 Å². The topological polar surface area (TPSA) is 15.3 Å². The highest BCUT2D eigenvalue weighted by Gasteiger charge is 2.23. The van der Waals surface area contributed by atoms with E-state index in [9.17, 15) is 0 Å². The maximum Gasteiger partial charge on any atom is 0.0104 e. The lowest BCUT2D eigenvalue weighted by Gasteiger charge is -2.35. The number of hydrogen-bond acceptors (Lipinski definition) is 2. The molecule has 1 saturated carbocycles. The molecule has 1 aliphatic rings. The van der Waals surface area contributed by atoms with Crippen LogP contribution in [0.4, 0.5) is 0 Å². The maximum absolute atomic E-state index is 3.72. The van der Waals surface area contributed by atoms with Gasteiger partial charge >= 0.3 is 0 Å². The minimum Gasteiger partial charge on any atom is -0.313 e. The molecule has 0 aromatic heterocycles. The van der Waals surface area contributed by atoms with Gasteiger partial charge in [-0.1, -0.05) is 27.2 Å². The third-order valence-corrected chi connectivity index (χ3v) is 3.30. The lowest BCUT2D eigenvalue weighted by Crippen LogP contribution is -2.43. The van der Waals surface area contributed by atoms with Crippen molar-refractivity contribution in [2.45, 2.75) is 58.5 Å². The van der Waals surface area contributed by atoms with E-state index in [1.165, 1.54) is 25.7 Å². The number of nitrogens with one attached hydrogen (secondary N) is 1. The second kappa shape index (κ2) is 5.31. The molecule has 0 saturated heterocycles. The van der Waals surface area contributed by atoms with Gasteiger partial charge in [0.25, 0.3) is 0 Å². The fourth-order valence-electron chi connectivity index (χ4n) is 2.27. The van der Waals surface area contributed by atoms with Crippen LogP contribution in [0, 0.1) is 5.41 Å². The molecule has 2 atom stereocenters. The van der Waals surface area contributed by atoms with Crippen LogP contribution in [0.15, 0.2) is 0 Å². The molecule has 1 N–H and O–H groups in total. The van der Waals surface area contributed by atoms with E-state index in [-0.39, 0.29) is 0 Å². The molecule has 2 nitrogen and oxygen atoms in total. The van der Waals surface area contributed by atoms with Crippen LogP contribution in [-0.2, 0) is 0 Å². The fraction of sp³-hybridized carbons (Fsp3) is 1.00.